The average molecular weight is 337 g/mol. The molecule has 0 spiro atoms. The fourth-order valence-corrected chi connectivity index (χ4v) is 4.25. The summed E-state index contributed by atoms with van der Waals surface area (Å²) in [6, 6.07) is 16.4. The number of aromatic nitrogens is 1. The van der Waals surface area contributed by atoms with E-state index >= 15 is 0 Å². The van der Waals surface area contributed by atoms with Gasteiger partial charge in [0, 0.05) is 17.4 Å². The van der Waals surface area contributed by atoms with Crippen LogP contribution in [0, 0.1) is 6.92 Å². The predicted molar refractivity (Wildman–Crippen MR) is 102 cm³/mol. The molecule has 0 bridgehead atoms. The van der Waals surface area contributed by atoms with Gasteiger partial charge in [0.15, 0.2) is 0 Å². The maximum atomic E-state index is 11.7. The van der Waals surface area contributed by atoms with Crippen molar-refractivity contribution < 1.29 is 9.90 Å². The van der Waals surface area contributed by atoms with Crippen molar-refractivity contribution in [3.05, 3.63) is 65.4 Å². The second kappa shape index (κ2) is 5.95. The molecule has 0 aliphatic rings. The standard InChI is InChI=1S/C20H23NO2Si/c1-14-6-5-7-15(10-14)13-21-18-9-8-17(24(2,3)4)11-16(18)12-19(21)20(22)23/h5-12H,13H2,1-4H3,(H,22,23). The Morgan fingerprint density at radius 3 is 2.46 bits per heavy atom. The van der Waals surface area contributed by atoms with Gasteiger partial charge in [-0.1, -0.05) is 66.8 Å². The van der Waals surface area contributed by atoms with Gasteiger partial charge in [0.05, 0.1) is 8.07 Å². The number of nitrogens with zero attached hydrogens (tertiary/aromatic N) is 1. The second-order valence-electron chi connectivity index (χ2n) is 7.43. The molecule has 1 heterocycles. The van der Waals surface area contributed by atoms with Gasteiger partial charge >= 0.3 is 5.97 Å². The molecule has 3 rings (SSSR count). The summed E-state index contributed by atoms with van der Waals surface area (Å²) in [6.45, 7) is 9.52. The largest absolute Gasteiger partial charge is 0.477 e. The Labute approximate surface area is 143 Å². The number of aryl methyl sites for hydroxylation is 1. The van der Waals surface area contributed by atoms with Crippen LogP contribution in [-0.4, -0.2) is 23.7 Å². The fraction of sp³-hybridized carbons (Fsp3) is 0.250. The quantitative estimate of drug-likeness (QED) is 0.724. The van der Waals surface area contributed by atoms with Crippen molar-refractivity contribution in [1.82, 2.24) is 4.57 Å². The maximum absolute atomic E-state index is 11.7. The van der Waals surface area contributed by atoms with Crippen molar-refractivity contribution in [2.75, 3.05) is 0 Å². The van der Waals surface area contributed by atoms with Gasteiger partial charge in [-0.2, -0.15) is 0 Å². The highest BCUT2D eigenvalue weighted by Crippen LogP contribution is 2.22. The molecule has 0 unspecified atom stereocenters. The summed E-state index contributed by atoms with van der Waals surface area (Å²) in [5.41, 5.74) is 3.63. The predicted octanol–water partition coefficient (Wildman–Crippen LogP) is 4.24. The summed E-state index contributed by atoms with van der Waals surface area (Å²) >= 11 is 0. The minimum absolute atomic E-state index is 0.347. The van der Waals surface area contributed by atoms with E-state index in [4.69, 9.17) is 0 Å². The molecule has 1 aromatic heterocycles. The van der Waals surface area contributed by atoms with Gasteiger partial charge in [-0.25, -0.2) is 4.79 Å². The number of carboxylic acid groups (broad SMARTS) is 1. The van der Waals surface area contributed by atoms with Crippen LogP contribution in [0.4, 0.5) is 0 Å². The minimum Gasteiger partial charge on any atom is -0.477 e. The van der Waals surface area contributed by atoms with E-state index in [-0.39, 0.29) is 0 Å². The molecule has 0 amide bonds. The van der Waals surface area contributed by atoms with Gasteiger partial charge in [0.2, 0.25) is 0 Å². The third kappa shape index (κ3) is 3.15. The molecule has 2 aromatic carbocycles. The highest BCUT2D eigenvalue weighted by atomic mass is 28.3. The second-order valence-corrected chi connectivity index (χ2v) is 12.5. The lowest BCUT2D eigenvalue weighted by molar-refractivity contribution is 0.0686. The molecule has 124 valence electrons. The minimum atomic E-state index is -1.42. The number of carboxylic acids is 1. The van der Waals surface area contributed by atoms with E-state index in [1.807, 2.05) is 16.7 Å². The van der Waals surface area contributed by atoms with Crippen LogP contribution in [0.2, 0.25) is 19.6 Å². The Kier molecular flexibility index (Phi) is 4.09. The molecule has 1 N–H and O–H groups in total. The van der Waals surface area contributed by atoms with Crippen molar-refractivity contribution >= 4 is 30.1 Å². The number of benzene rings is 2. The van der Waals surface area contributed by atoms with Gasteiger partial charge in [-0.15, -0.1) is 0 Å². The first kappa shape index (κ1) is 16.5. The normalized spacial score (nSPS) is 11.8. The molecule has 0 saturated heterocycles. The van der Waals surface area contributed by atoms with Gasteiger partial charge in [0.25, 0.3) is 0 Å². The van der Waals surface area contributed by atoms with E-state index < -0.39 is 14.0 Å². The third-order valence-corrected chi connectivity index (χ3v) is 6.45. The number of fused-ring (bicyclic) bond motifs is 1. The number of hydrogen-bond acceptors (Lipinski definition) is 1. The van der Waals surface area contributed by atoms with Crippen molar-refractivity contribution in [2.45, 2.75) is 33.1 Å². The maximum Gasteiger partial charge on any atom is 0.352 e. The molecule has 0 aliphatic carbocycles. The molecule has 3 aromatic rings. The molecule has 3 nitrogen and oxygen atoms in total. The summed E-state index contributed by atoms with van der Waals surface area (Å²) in [7, 11) is -1.42. The lowest BCUT2D eigenvalue weighted by Gasteiger charge is -2.17. The lowest BCUT2D eigenvalue weighted by atomic mass is 10.1. The molecule has 0 fully saturated rings. The lowest BCUT2D eigenvalue weighted by Crippen LogP contribution is -2.37. The van der Waals surface area contributed by atoms with E-state index in [2.05, 4.69) is 56.9 Å². The van der Waals surface area contributed by atoms with Crippen LogP contribution in [0.15, 0.2) is 48.5 Å². The van der Waals surface area contributed by atoms with Gasteiger partial charge < -0.3 is 9.67 Å². The highest BCUT2D eigenvalue weighted by Gasteiger charge is 2.20. The SMILES string of the molecule is Cc1cccc(Cn2c(C(=O)O)cc3cc([Si](C)(C)C)ccc32)c1. The van der Waals surface area contributed by atoms with Crippen molar-refractivity contribution in [2.24, 2.45) is 0 Å². The van der Waals surface area contributed by atoms with Crippen LogP contribution in [0.25, 0.3) is 10.9 Å². The fourth-order valence-electron chi connectivity index (χ4n) is 3.08. The summed E-state index contributed by atoms with van der Waals surface area (Å²) < 4.78 is 1.90. The number of aromatic carboxylic acids is 1. The van der Waals surface area contributed by atoms with E-state index in [0.29, 0.717) is 12.2 Å². The number of hydrogen-bond donors (Lipinski definition) is 1. The molecule has 0 aliphatic heterocycles. The Hall–Kier alpha value is -2.33. The molecule has 24 heavy (non-hydrogen) atoms. The van der Waals surface area contributed by atoms with E-state index in [0.717, 1.165) is 16.5 Å². The van der Waals surface area contributed by atoms with Crippen LogP contribution in [0.3, 0.4) is 0 Å². The van der Waals surface area contributed by atoms with Gasteiger partial charge in [-0.3, -0.25) is 0 Å². The molecular formula is C20H23NO2Si. The molecule has 0 saturated carbocycles. The van der Waals surface area contributed by atoms with Crippen molar-refractivity contribution in [1.29, 1.82) is 0 Å². The smallest absolute Gasteiger partial charge is 0.352 e. The molecule has 0 atom stereocenters. The number of carbonyl (C=O) groups is 1. The summed E-state index contributed by atoms with van der Waals surface area (Å²) in [5.74, 6) is -0.881. The Bertz CT molecular complexity index is 919. The Balaban J connectivity index is 2.14. The van der Waals surface area contributed by atoms with Gasteiger partial charge in [-0.05, 0) is 24.6 Å². The van der Waals surface area contributed by atoms with Crippen LogP contribution >= 0.6 is 0 Å². The van der Waals surface area contributed by atoms with Gasteiger partial charge in [0.1, 0.15) is 5.69 Å². The first-order valence-electron chi connectivity index (χ1n) is 8.18. The average Bonchev–Trinajstić information content (AvgIpc) is 2.85. The van der Waals surface area contributed by atoms with Crippen LogP contribution in [0.5, 0.6) is 0 Å². The molecular weight excluding hydrogens is 314 g/mol. The summed E-state index contributed by atoms with van der Waals surface area (Å²) in [4.78, 5) is 11.7. The third-order valence-electron chi connectivity index (χ3n) is 4.41. The van der Waals surface area contributed by atoms with Crippen molar-refractivity contribution in [3.8, 4) is 0 Å². The Morgan fingerprint density at radius 2 is 1.83 bits per heavy atom. The van der Waals surface area contributed by atoms with E-state index in [9.17, 15) is 9.90 Å². The zero-order valence-corrected chi connectivity index (χ0v) is 15.6. The molecule has 4 heteroatoms. The van der Waals surface area contributed by atoms with Crippen LogP contribution < -0.4 is 5.19 Å². The topological polar surface area (TPSA) is 42.2 Å². The van der Waals surface area contributed by atoms with E-state index in [1.165, 1.54) is 10.8 Å². The zero-order valence-electron chi connectivity index (χ0n) is 14.6. The van der Waals surface area contributed by atoms with Crippen LogP contribution in [-0.2, 0) is 6.54 Å². The van der Waals surface area contributed by atoms with Crippen molar-refractivity contribution in [3.63, 3.8) is 0 Å². The van der Waals surface area contributed by atoms with E-state index in [1.54, 1.807) is 6.07 Å². The summed E-state index contributed by atoms with van der Waals surface area (Å²) in [5, 5.41) is 12.0. The monoisotopic (exact) mass is 337 g/mol. The number of rotatable bonds is 4. The zero-order chi connectivity index (χ0) is 17.5. The highest BCUT2D eigenvalue weighted by molar-refractivity contribution is 6.88. The van der Waals surface area contributed by atoms with Crippen LogP contribution in [0.1, 0.15) is 21.6 Å². The first-order chi connectivity index (χ1) is 11.3. The Morgan fingerprint density at radius 1 is 1.08 bits per heavy atom. The molecule has 0 radical (unpaired) electrons. The first-order valence-corrected chi connectivity index (χ1v) is 11.7. The summed E-state index contributed by atoms with van der Waals surface area (Å²) in [6.07, 6.45) is 0.